The highest BCUT2D eigenvalue weighted by Crippen LogP contribution is 2.38. The highest BCUT2D eigenvalue weighted by Gasteiger charge is 2.32. The molecule has 1 fully saturated rings. The topological polar surface area (TPSA) is 67.5 Å². The van der Waals surface area contributed by atoms with Gasteiger partial charge in [0.2, 0.25) is 0 Å². The van der Waals surface area contributed by atoms with Crippen molar-refractivity contribution in [1.82, 2.24) is 14.9 Å². The molecule has 3 heterocycles. The first-order chi connectivity index (χ1) is 15.0. The van der Waals surface area contributed by atoms with E-state index < -0.39 is 5.82 Å². The summed E-state index contributed by atoms with van der Waals surface area (Å²) in [6, 6.07) is 8.75. The lowest BCUT2D eigenvalue weighted by Gasteiger charge is -2.35. The summed E-state index contributed by atoms with van der Waals surface area (Å²) in [5.41, 5.74) is 1.83. The van der Waals surface area contributed by atoms with Crippen molar-refractivity contribution in [1.29, 1.82) is 0 Å². The number of hydrogen-bond acceptors (Lipinski definition) is 5. The summed E-state index contributed by atoms with van der Waals surface area (Å²) in [4.78, 5) is 23.3. The molecule has 0 spiro atoms. The Morgan fingerprint density at radius 1 is 1.29 bits per heavy atom. The predicted octanol–water partition coefficient (Wildman–Crippen LogP) is 4.78. The number of rotatable bonds is 4. The lowest BCUT2D eigenvalue weighted by Crippen LogP contribution is -2.35. The van der Waals surface area contributed by atoms with E-state index in [4.69, 9.17) is 26.1 Å². The molecular weight excluding hydrogens is 421 g/mol. The summed E-state index contributed by atoms with van der Waals surface area (Å²) in [6.07, 6.45) is 1.92. The standard InChI is InChI=1S/C23H23ClFN3O3/c1-28-7-6-13(10-18(28)23-26-16-4-2-14(24)12-17(16)27-23)11-19(29)15-3-5-20-22(21(15)25)31-9-8-30-20/h2-5,12-13,18H,6-11H2,1H3,(H,26,27)/t13-,18-/m1/s1. The van der Waals surface area contributed by atoms with Gasteiger partial charge in [0.1, 0.15) is 19.0 Å². The number of carbonyl (C=O) groups excluding carboxylic acids is 1. The van der Waals surface area contributed by atoms with E-state index in [1.165, 1.54) is 6.07 Å². The smallest absolute Gasteiger partial charge is 0.197 e. The van der Waals surface area contributed by atoms with Crippen LogP contribution >= 0.6 is 11.6 Å². The third kappa shape index (κ3) is 3.88. The van der Waals surface area contributed by atoms with Gasteiger partial charge < -0.3 is 14.5 Å². The number of fused-ring (bicyclic) bond motifs is 2. The molecule has 0 aliphatic carbocycles. The van der Waals surface area contributed by atoms with E-state index in [0.717, 1.165) is 36.2 Å². The Morgan fingerprint density at radius 3 is 3.00 bits per heavy atom. The Bertz CT molecular complexity index is 1150. The number of H-pyrrole nitrogens is 1. The summed E-state index contributed by atoms with van der Waals surface area (Å²) >= 11 is 6.10. The van der Waals surface area contributed by atoms with Crippen LogP contribution in [0.2, 0.25) is 5.02 Å². The van der Waals surface area contributed by atoms with Crippen LogP contribution in [-0.4, -0.2) is 47.5 Å². The van der Waals surface area contributed by atoms with E-state index in [1.54, 1.807) is 6.07 Å². The monoisotopic (exact) mass is 443 g/mol. The van der Waals surface area contributed by atoms with Crippen molar-refractivity contribution in [2.24, 2.45) is 5.92 Å². The molecule has 5 rings (SSSR count). The molecule has 1 N–H and O–H groups in total. The van der Waals surface area contributed by atoms with Crippen molar-refractivity contribution in [3.63, 3.8) is 0 Å². The first-order valence-corrected chi connectivity index (χ1v) is 10.8. The molecule has 162 valence electrons. The maximum atomic E-state index is 14.9. The average Bonchev–Trinajstić information content (AvgIpc) is 3.18. The van der Waals surface area contributed by atoms with Crippen molar-refractivity contribution in [2.45, 2.75) is 25.3 Å². The van der Waals surface area contributed by atoms with Gasteiger partial charge in [0.25, 0.3) is 0 Å². The summed E-state index contributed by atoms with van der Waals surface area (Å²) in [5.74, 6) is 0.560. The lowest BCUT2D eigenvalue weighted by molar-refractivity contribution is 0.0879. The number of hydrogen-bond donors (Lipinski definition) is 1. The lowest BCUT2D eigenvalue weighted by atomic mass is 9.85. The number of carbonyl (C=O) groups is 1. The van der Waals surface area contributed by atoms with Gasteiger partial charge in [-0.1, -0.05) is 11.6 Å². The maximum Gasteiger partial charge on any atom is 0.197 e. The van der Waals surface area contributed by atoms with Crippen LogP contribution in [0.4, 0.5) is 4.39 Å². The highest BCUT2D eigenvalue weighted by atomic mass is 35.5. The van der Waals surface area contributed by atoms with Crippen LogP contribution in [0.15, 0.2) is 30.3 Å². The summed E-state index contributed by atoms with van der Waals surface area (Å²) in [6.45, 7) is 1.50. The molecule has 1 aromatic heterocycles. The third-order valence-corrected chi connectivity index (χ3v) is 6.41. The van der Waals surface area contributed by atoms with Crippen molar-refractivity contribution in [3.05, 3.63) is 52.6 Å². The van der Waals surface area contributed by atoms with Crippen molar-refractivity contribution in [2.75, 3.05) is 26.8 Å². The number of aromatic amines is 1. The number of nitrogens with zero attached hydrogens (tertiary/aromatic N) is 2. The Hall–Kier alpha value is -2.64. The van der Waals surface area contributed by atoms with E-state index >= 15 is 0 Å². The van der Waals surface area contributed by atoms with Crippen LogP contribution < -0.4 is 9.47 Å². The number of likely N-dealkylation sites (tertiary alicyclic amines) is 1. The first kappa shape index (κ1) is 20.3. The molecule has 0 saturated carbocycles. The fourth-order valence-electron chi connectivity index (χ4n) is 4.49. The van der Waals surface area contributed by atoms with Gasteiger partial charge in [-0.3, -0.25) is 9.69 Å². The largest absolute Gasteiger partial charge is 0.486 e. The number of benzene rings is 2. The van der Waals surface area contributed by atoms with Gasteiger partial charge in [-0.15, -0.1) is 0 Å². The van der Waals surface area contributed by atoms with Crippen LogP contribution in [0.5, 0.6) is 11.5 Å². The van der Waals surface area contributed by atoms with Crippen LogP contribution in [0.25, 0.3) is 11.0 Å². The zero-order valence-electron chi connectivity index (χ0n) is 17.2. The van der Waals surface area contributed by atoms with Gasteiger partial charge in [0.15, 0.2) is 23.1 Å². The average molecular weight is 444 g/mol. The van der Waals surface area contributed by atoms with E-state index in [-0.39, 0.29) is 42.1 Å². The minimum Gasteiger partial charge on any atom is -0.486 e. The molecule has 2 aromatic carbocycles. The number of nitrogens with one attached hydrogen (secondary N) is 1. The van der Waals surface area contributed by atoms with Gasteiger partial charge in [-0.25, -0.2) is 9.37 Å². The summed E-state index contributed by atoms with van der Waals surface area (Å²) in [7, 11) is 2.06. The second kappa shape index (κ2) is 8.13. The van der Waals surface area contributed by atoms with Gasteiger partial charge in [0, 0.05) is 11.4 Å². The number of ether oxygens (including phenoxy) is 2. The highest BCUT2D eigenvalue weighted by molar-refractivity contribution is 6.31. The zero-order valence-corrected chi connectivity index (χ0v) is 17.9. The number of halogens is 2. The molecule has 2 atom stereocenters. The van der Waals surface area contributed by atoms with E-state index in [0.29, 0.717) is 17.4 Å². The minimum atomic E-state index is -0.624. The van der Waals surface area contributed by atoms with E-state index in [2.05, 4.69) is 16.9 Å². The first-order valence-electron chi connectivity index (χ1n) is 10.5. The van der Waals surface area contributed by atoms with Crippen LogP contribution in [0, 0.1) is 11.7 Å². The Kier molecular flexibility index (Phi) is 5.32. The summed E-state index contributed by atoms with van der Waals surface area (Å²) < 4.78 is 25.6. The Labute approximate surface area is 184 Å². The Balaban J connectivity index is 1.33. The molecule has 31 heavy (non-hydrogen) atoms. The quantitative estimate of drug-likeness (QED) is 0.587. The molecule has 3 aromatic rings. The number of aromatic nitrogens is 2. The van der Waals surface area contributed by atoms with Gasteiger partial charge in [-0.05, 0) is 62.7 Å². The zero-order chi connectivity index (χ0) is 21.5. The van der Waals surface area contributed by atoms with Gasteiger partial charge in [0.05, 0.1) is 22.6 Å². The van der Waals surface area contributed by atoms with Crippen LogP contribution in [0.1, 0.15) is 41.5 Å². The van der Waals surface area contributed by atoms with Crippen molar-refractivity contribution >= 4 is 28.4 Å². The second-order valence-corrected chi connectivity index (χ2v) is 8.69. The molecule has 1 saturated heterocycles. The molecule has 2 aliphatic rings. The fourth-order valence-corrected chi connectivity index (χ4v) is 4.66. The Morgan fingerprint density at radius 2 is 2.13 bits per heavy atom. The normalized spacial score (nSPS) is 21.4. The van der Waals surface area contributed by atoms with Crippen molar-refractivity contribution < 1.29 is 18.7 Å². The summed E-state index contributed by atoms with van der Waals surface area (Å²) in [5, 5.41) is 0.657. The fraction of sp³-hybridized carbons (Fsp3) is 0.391. The van der Waals surface area contributed by atoms with Crippen molar-refractivity contribution in [3.8, 4) is 11.5 Å². The molecule has 6 nitrogen and oxygen atoms in total. The SMILES string of the molecule is CN1CC[C@@H](CC(=O)c2ccc3c(c2F)OCCO3)C[C@@H]1c1nc2ccc(Cl)cc2[nH]1. The maximum absolute atomic E-state index is 14.9. The molecule has 0 unspecified atom stereocenters. The van der Waals surface area contributed by atoms with Crippen LogP contribution in [-0.2, 0) is 0 Å². The second-order valence-electron chi connectivity index (χ2n) is 8.25. The number of piperidine rings is 1. The number of imidazole rings is 1. The number of ketones is 1. The molecular formula is C23H23ClFN3O3. The van der Waals surface area contributed by atoms with E-state index in [9.17, 15) is 9.18 Å². The predicted molar refractivity (Wildman–Crippen MR) is 116 cm³/mol. The third-order valence-electron chi connectivity index (χ3n) is 6.18. The molecule has 0 amide bonds. The van der Waals surface area contributed by atoms with E-state index in [1.807, 2.05) is 18.2 Å². The van der Waals surface area contributed by atoms with Gasteiger partial charge in [-0.2, -0.15) is 0 Å². The number of Topliss-reactive ketones (excluding diaryl/α,β-unsaturated/α-hetero) is 1. The molecule has 0 bridgehead atoms. The van der Waals surface area contributed by atoms with Gasteiger partial charge >= 0.3 is 0 Å². The molecule has 8 heteroatoms. The van der Waals surface area contributed by atoms with Crippen LogP contribution in [0.3, 0.4) is 0 Å². The molecule has 2 aliphatic heterocycles. The molecule has 0 radical (unpaired) electrons. The minimum absolute atomic E-state index is 0.0410.